The van der Waals surface area contributed by atoms with E-state index in [1.54, 1.807) is 0 Å². The molecule has 0 radical (unpaired) electrons. The molecule has 1 aliphatic carbocycles. The molecule has 0 fully saturated rings. The van der Waals surface area contributed by atoms with Crippen LogP contribution in [0.1, 0.15) is 38.5 Å². The lowest BCUT2D eigenvalue weighted by atomic mass is 9.91. The average Bonchev–Trinajstić information content (AvgIpc) is 2.25. The van der Waals surface area contributed by atoms with Crippen LogP contribution >= 0.6 is 0 Å². The van der Waals surface area contributed by atoms with Crippen LogP contribution in [0.25, 0.3) is 0 Å². The maximum absolute atomic E-state index is 11.4. The normalized spacial score (nSPS) is 20.5. The third-order valence-corrected chi connectivity index (χ3v) is 2.66. The number of aliphatic carboxylic acids is 1. The summed E-state index contributed by atoms with van der Waals surface area (Å²) >= 11 is 0. The molecule has 0 aromatic carbocycles. The summed E-state index contributed by atoms with van der Waals surface area (Å²) in [5.41, 5.74) is 0. The number of carbonyl (C=O) groups excluding carboxylic acids is 1. The van der Waals surface area contributed by atoms with Gasteiger partial charge in [-0.2, -0.15) is 0 Å². The van der Waals surface area contributed by atoms with Gasteiger partial charge in [-0.25, -0.2) is 0 Å². The Morgan fingerprint density at radius 3 is 3.00 bits per heavy atom. The third kappa shape index (κ3) is 4.91. The lowest BCUT2D eigenvalue weighted by Gasteiger charge is -2.12. The molecule has 0 saturated heterocycles. The van der Waals surface area contributed by atoms with E-state index >= 15 is 0 Å². The fraction of sp³-hybridized carbons (Fsp3) is 0.538. The van der Waals surface area contributed by atoms with Gasteiger partial charge < -0.3 is 5.11 Å². The highest BCUT2D eigenvalue weighted by atomic mass is 16.4. The molecule has 0 bridgehead atoms. The van der Waals surface area contributed by atoms with Crippen molar-refractivity contribution in [2.75, 3.05) is 0 Å². The SMILES string of the molecule is O=C(O)CCC/C=C\CC1C=CCCC1=O. The van der Waals surface area contributed by atoms with Crippen molar-refractivity contribution < 1.29 is 14.7 Å². The van der Waals surface area contributed by atoms with Crippen LogP contribution in [0, 0.1) is 5.92 Å². The topological polar surface area (TPSA) is 54.4 Å². The number of allylic oxidation sites excluding steroid dienone is 4. The van der Waals surface area contributed by atoms with Crippen molar-refractivity contribution in [2.24, 2.45) is 5.92 Å². The van der Waals surface area contributed by atoms with Crippen LogP contribution in [0.3, 0.4) is 0 Å². The van der Waals surface area contributed by atoms with Gasteiger partial charge >= 0.3 is 5.97 Å². The minimum atomic E-state index is -0.751. The Bertz CT molecular complexity index is 302. The van der Waals surface area contributed by atoms with Crippen molar-refractivity contribution in [1.29, 1.82) is 0 Å². The van der Waals surface area contributed by atoms with Crippen LogP contribution in [0.5, 0.6) is 0 Å². The Morgan fingerprint density at radius 1 is 1.50 bits per heavy atom. The number of unbranched alkanes of at least 4 members (excludes halogenated alkanes) is 1. The van der Waals surface area contributed by atoms with Gasteiger partial charge in [0.1, 0.15) is 5.78 Å². The van der Waals surface area contributed by atoms with Gasteiger partial charge in [0.15, 0.2) is 0 Å². The van der Waals surface area contributed by atoms with Crippen molar-refractivity contribution in [3.8, 4) is 0 Å². The second-order valence-corrected chi connectivity index (χ2v) is 4.03. The van der Waals surface area contributed by atoms with Gasteiger partial charge in [0.2, 0.25) is 0 Å². The number of carboxylic acid groups (broad SMARTS) is 1. The first-order valence-corrected chi connectivity index (χ1v) is 5.76. The molecule has 3 heteroatoms. The lowest BCUT2D eigenvalue weighted by Crippen LogP contribution is -2.13. The minimum Gasteiger partial charge on any atom is -0.481 e. The summed E-state index contributed by atoms with van der Waals surface area (Å²) in [6, 6.07) is 0. The fourth-order valence-corrected chi connectivity index (χ4v) is 1.72. The van der Waals surface area contributed by atoms with Crippen molar-refractivity contribution in [1.82, 2.24) is 0 Å². The molecule has 0 aliphatic heterocycles. The van der Waals surface area contributed by atoms with Crippen LogP contribution in [0.2, 0.25) is 0 Å². The predicted molar refractivity (Wildman–Crippen MR) is 62.1 cm³/mol. The van der Waals surface area contributed by atoms with E-state index in [1.165, 1.54) is 0 Å². The molecule has 3 nitrogen and oxygen atoms in total. The van der Waals surface area contributed by atoms with E-state index in [0.717, 1.165) is 19.3 Å². The van der Waals surface area contributed by atoms with E-state index in [0.29, 0.717) is 18.6 Å². The van der Waals surface area contributed by atoms with E-state index < -0.39 is 5.97 Å². The number of ketones is 1. The summed E-state index contributed by atoms with van der Waals surface area (Å²) < 4.78 is 0. The second kappa shape index (κ2) is 6.99. The summed E-state index contributed by atoms with van der Waals surface area (Å²) in [6.07, 6.45) is 11.9. The van der Waals surface area contributed by atoms with Gasteiger partial charge in [-0.3, -0.25) is 9.59 Å². The molecule has 0 saturated carbocycles. The molecule has 1 aliphatic rings. The van der Waals surface area contributed by atoms with Crippen molar-refractivity contribution >= 4 is 11.8 Å². The smallest absolute Gasteiger partial charge is 0.303 e. The van der Waals surface area contributed by atoms with Gasteiger partial charge in [-0.15, -0.1) is 0 Å². The Morgan fingerprint density at radius 2 is 2.31 bits per heavy atom. The molecular formula is C13H18O3. The third-order valence-electron chi connectivity index (χ3n) is 2.66. The number of hydrogen-bond acceptors (Lipinski definition) is 2. The number of rotatable bonds is 6. The van der Waals surface area contributed by atoms with Crippen LogP contribution in [0.15, 0.2) is 24.3 Å². The Labute approximate surface area is 95.9 Å². The summed E-state index contributed by atoms with van der Waals surface area (Å²) in [7, 11) is 0. The van der Waals surface area contributed by atoms with E-state index in [-0.39, 0.29) is 12.3 Å². The van der Waals surface area contributed by atoms with E-state index in [9.17, 15) is 9.59 Å². The number of carboxylic acids is 1. The predicted octanol–water partition coefficient (Wildman–Crippen LogP) is 2.72. The summed E-state index contributed by atoms with van der Waals surface area (Å²) in [6.45, 7) is 0. The molecule has 1 rings (SSSR count). The Kier molecular flexibility index (Phi) is 5.54. The highest BCUT2D eigenvalue weighted by Crippen LogP contribution is 2.17. The first-order chi connectivity index (χ1) is 7.70. The molecule has 1 unspecified atom stereocenters. The second-order valence-electron chi connectivity index (χ2n) is 4.03. The molecule has 0 aromatic heterocycles. The van der Waals surface area contributed by atoms with E-state index in [2.05, 4.69) is 6.08 Å². The monoisotopic (exact) mass is 222 g/mol. The summed E-state index contributed by atoms with van der Waals surface area (Å²) in [5, 5.41) is 8.43. The van der Waals surface area contributed by atoms with Crippen LogP contribution in [0.4, 0.5) is 0 Å². The summed E-state index contributed by atoms with van der Waals surface area (Å²) in [4.78, 5) is 21.7. The molecule has 0 aromatic rings. The molecule has 16 heavy (non-hydrogen) atoms. The van der Waals surface area contributed by atoms with E-state index in [1.807, 2.05) is 18.2 Å². The first-order valence-electron chi connectivity index (χ1n) is 5.76. The van der Waals surface area contributed by atoms with Gasteiger partial charge in [0.05, 0.1) is 0 Å². The quantitative estimate of drug-likeness (QED) is 0.555. The van der Waals surface area contributed by atoms with E-state index in [4.69, 9.17) is 5.11 Å². The maximum atomic E-state index is 11.4. The van der Waals surface area contributed by atoms with Crippen molar-refractivity contribution in [2.45, 2.75) is 38.5 Å². The zero-order valence-electron chi connectivity index (χ0n) is 9.39. The largest absolute Gasteiger partial charge is 0.481 e. The molecule has 0 amide bonds. The number of carbonyl (C=O) groups is 2. The molecule has 88 valence electrons. The molecule has 1 atom stereocenters. The first kappa shape index (κ1) is 12.7. The van der Waals surface area contributed by atoms with Crippen LogP contribution < -0.4 is 0 Å². The molecule has 0 heterocycles. The molecule has 1 N–H and O–H groups in total. The van der Waals surface area contributed by atoms with Gasteiger partial charge in [0, 0.05) is 18.8 Å². The standard InChI is InChI=1S/C13H18O3/c14-12-9-6-5-8-11(12)7-3-1-2-4-10-13(15)16/h1,3,5,8,11H,2,4,6-7,9-10H2,(H,15,16)/b3-1-. The minimum absolute atomic E-state index is 0.0458. The molecule has 0 spiro atoms. The fourth-order valence-electron chi connectivity index (χ4n) is 1.72. The van der Waals surface area contributed by atoms with Gasteiger partial charge in [0.25, 0.3) is 0 Å². The Balaban J connectivity index is 2.16. The highest BCUT2D eigenvalue weighted by molar-refractivity contribution is 5.83. The van der Waals surface area contributed by atoms with Crippen molar-refractivity contribution in [3.05, 3.63) is 24.3 Å². The zero-order valence-corrected chi connectivity index (χ0v) is 9.39. The number of Topliss-reactive ketones (excluding diaryl/α,β-unsaturated/α-hetero) is 1. The van der Waals surface area contributed by atoms with Gasteiger partial charge in [-0.05, 0) is 25.7 Å². The van der Waals surface area contributed by atoms with Crippen LogP contribution in [-0.2, 0) is 9.59 Å². The highest BCUT2D eigenvalue weighted by Gasteiger charge is 2.15. The summed E-state index contributed by atoms with van der Waals surface area (Å²) in [5.74, 6) is -0.388. The lowest BCUT2D eigenvalue weighted by molar-refractivity contribution is -0.137. The molecular weight excluding hydrogens is 204 g/mol. The van der Waals surface area contributed by atoms with Crippen molar-refractivity contribution in [3.63, 3.8) is 0 Å². The number of hydrogen-bond donors (Lipinski definition) is 1. The zero-order chi connectivity index (χ0) is 11.8. The van der Waals surface area contributed by atoms with Gasteiger partial charge in [-0.1, -0.05) is 24.3 Å². The maximum Gasteiger partial charge on any atom is 0.303 e. The van der Waals surface area contributed by atoms with Crippen LogP contribution in [-0.4, -0.2) is 16.9 Å². The Hall–Kier alpha value is -1.38. The average molecular weight is 222 g/mol.